The summed E-state index contributed by atoms with van der Waals surface area (Å²) in [6.07, 6.45) is 3.05. The van der Waals surface area contributed by atoms with Gasteiger partial charge in [-0.2, -0.15) is 0 Å². The third-order valence-corrected chi connectivity index (χ3v) is 3.47. The second kappa shape index (κ2) is 8.67. The molecular formula is C15H24BrFN2. The average Bonchev–Trinajstić information content (AvgIpc) is 2.31. The van der Waals surface area contributed by atoms with Gasteiger partial charge in [0, 0.05) is 10.5 Å². The zero-order valence-corrected chi connectivity index (χ0v) is 13.6. The Morgan fingerprint density at radius 3 is 2.63 bits per heavy atom. The van der Waals surface area contributed by atoms with Gasteiger partial charge in [0.2, 0.25) is 0 Å². The first-order valence-electron chi connectivity index (χ1n) is 6.84. The molecule has 0 radical (unpaired) electrons. The number of nitrogens with one attached hydrogen (secondary N) is 1. The van der Waals surface area contributed by atoms with Gasteiger partial charge < -0.3 is 10.2 Å². The molecule has 1 aromatic rings. The van der Waals surface area contributed by atoms with E-state index in [4.69, 9.17) is 0 Å². The smallest absolute Gasteiger partial charge is 0.124 e. The Morgan fingerprint density at radius 1 is 1.32 bits per heavy atom. The van der Waals surface area contributed by atoms with Gasteiger partial charge in [0.15, 0.2) is 0 Å². The third kappa shape index (κ3) is 7.04. The van der Waals surface area contributed by atoms with Crippen LogP contribution in [-0.4, -0.2) is 38.1 Å². The lowest BCUT2D eigenvalue weighted by molar-refractivity contribution is 0.356. The van der Waals surface area contributed by atoms with E-state index in [1.165, 1.54) is 6.07 Å². The molecular weight excluding hydrogens is 307 g/mol. The Balaban J connectivity index is 2.63. The van der Waals surface area contributed by atoms with Gasteiger partial charge in [-0.15, -0.1) is 0 Å². The summed E-state index contributed by atoms with van der Waals surface area (Å²) >= 11 is 3.35. The minimum absolute atomic E-state index is 0.175. The first-order valence-corrected chi connectivity index (χ1v) is 7.63. The first-order chi connectivity index (χ1) is 9.01. The molecule has 0 aliphatic heterocycles. The standard InChI is InChI=1S/C15H24BrFN2/c1-4-6-18-15(5-7-19(2)3)10-12-8-13(16)11-14(17)9-12/h8-9,11,15,18H,4-7,10H2,1-3H3. The molecule has 1 N–H and O–H groups in total. The van der Waals surface area contributed by atoms with Crippen LogP contribution >= 0.6 is 15.9 Å². The lowest BCUT2D eigenvalue weighted by Gasteiger charge is -2.21. The van der Waals surface area contributed by atoms with Gasteiger partial charge in [0.1, 0.15) is 5.82 Å². The fourth-order valence-corrected chi connectivity index (χ4v) is 2.56. The van der Waals surface area contributed by atoms with Crippen molar-refractivity contribution in [1.29, 1.82) is 0 Å². The number of benzene rings is 1. The van der Waals surface area contributed by atoms with Crippen LogP contribution in [0.5, 0.6) is 0 Å². The topological polar surface area (TPSA) is 15.3 Å². The average molecular weight is 331 g/mol. The molecule has 0 bridgehead atoms. The van der Waals surface area contributed by atoms with E-state index in [2.05, 4.69) is 47.2 Å². The van der Waals surface area contributed by atoms with E-state index in [-0.39, 0.29) is 5.82 Å². The van der Waals surface area contributed by atoms with Crippen LogP contribution in [0.4, 0.5) is 4.39 Å². The van der Waals surface area contributed by atoms with Crippen LogP contribution in [0.3, 0.4) is 0 Å². The van der Waals surface area contributed by atoms with E-state index in [0.717, 1.165) is 42.4 Å². The maximum Gasteiger partial charge on any atom is 0.124 e. The Hall–Kier alpha value is -0.450. The highest BCUT2D eigenvalue weighted by Gasteiger charge is 2.10. The van der Waals surface area contributed by atoms with Crippen LogP contribution in [0, 0.1) is 5.82 Å². The number of nitrogens with zero attached hydrogens (tertiary/aromatic N) is 1. The van der Waals surface area contributed by atoms with Crippen LogP contribution < -0.4 is 5.32 Å². The number of hydrogen-bond acceptors (Lipinski definition) is 2. The second-order valence-corrected chi connectivity index (χ2v) is 6.14. The highest BCUT2D eigenvalue weighted by atomic mass is 79.9. The van der Waals surface area contributed by atoms with Crippen molar-refractivity contribution in [2.75, 3.05) is 27.2 Å². The molecule has 0 aliphatic rings. The fourth-order valence-electron chi connectivity index (χ4n) is 2.05. The van der Waals surface area contributed by atoms with E-state index in [1.807, 2.05) is 6.07 Å². The van der Waals surface area contributed by atoms with E-state index < -0.39 is 0 Å². The highest BCUT2D eigenvalue weighted by molar-refractivity contribution is 9.10. The SMILES string of the molecule is CCCNC(CCN(C)C)Cc1cc(F)cc(Br)c1. The molecule has 0 spiro atoms. The van der Waals surface area contributed by atoms with Gasteiger partial charge in [-0.25, -0.2) is 4.39 Å². The summed E-state index contributed by atoms with van der Waals surface area (Å²) in [5, 5.41) is 3.55. The number of hydrogen-bond donors (Lipinski definition) is 1. The molecule has 0 heterocycles. The lowest BCUT2D eigenvalue weighted by Crippen LogP contribution is -2.34. The molecule has 108 valence electrons. The summed E-state index contributed by atoms with van der Waals surface area (Å²) in [7, 11) is 4.16. The van der Waals surface area contributed by atoms with Crippen molar-refractivity contribution in [2.24, 2.45) is 0 Å². The van der Waals surface area contributed by atoms with Gasteiger partial charge in [0.05, 0.1) is 0 Å². The third-order valence-electron chi connectivity index (χ3n) is 3.01. The molecule has 0 saturated carbocycles. The van der Waals surface area contributed by atoms with Gasteiger partial charge in [0.25, 0.3) is 0 Å². The zero-order valence-electron chi connectivity index (χ0n) is 12.0. The fraction of sp³-hybridized carbons (Fsp3) is 0.600. The van der Waals surface area contributed by atoms with Crippen molar-refractivity contribution in [1.82, 2.24) is 10.2 Å². The molecule has 4 heteroatoms. The summed E-state index contributed by atoms with van der Waals surface area (Å²) in [5.74, 6) is -0.175. The van der Waals surface area contributed by atoms with Crippen LogP contribution in [0.1, 0.15) is 25.3 Å². The monoisotopic (exact) mass is 330 g/mol. The molecule has 1 unspecified atom stereocenters. The first kappa shape index (κ1) is 16.6. The minimum atomic E-state index is -0.175. The Bertz CT molecular complexity index is 362. The zero-order chi connectivity index (χ0) is 14.3. The molecule has 0 aliphatic carbocycles. The van der Waals surface area contributed by atoms with Crippen molar-refractivity contribution in [3.8, 4) is 0 Å². The molecule has 1 atom stereocenters. The molecule has 2 nitrogen and oxygen atoms in total. The lowest BCUT2D eigenvalue weighted by atomic mass is 10.0. The molecule has 19 heavy (non-hydrogen) atoms. The molecule has 0 saturated heterocycles. The highest BCUT2D eigenvalue weighted by Crippen LogP contribution is 2.17. The maximum atomic E-state index is 13.4. The van der Waals surface area contributed by atoms with Crippen LogP contribution in [0.25, 0.3) is 0 Å². The summed E-state index contributed by atoms with van der Waals surface area (Å²) in [5.41, 5.74) is 1.04. The van der Waals surface area contributed by atoms with Crippen molar-refractivity contribution in [2.45, 2.75) is 32.2 Å². The van der Waals surface area contributed by atoms with Crippen molar-refractivity contribution >= 4 is 15.9 Å². The normalized spacial score (nSPS) is 12.9. The van der Waals surface area contributed by atoms with Gasteiger partial charge in [-0.05, 0) is 70.2 Å². The molecule has 0 fully saturated rings. The maximum absolute atomic E-state index is 13.4. The van der Waals surface area contributed by atoms with E-state index in [0.29, 0.717) is 6.04 Å². The summed E-state index contributed by atoms with van der Waals surface area (Å²) < 4.78 is 14.2. The Morgan fingerprint density at radius 2 is 2.05 bits per heavy atom. The van der Waals surface area contributed by atoms with Crippen LogP contribution in [0.2, 0.25) is 0 Å². The van der Waals surface area contributed by atoms with Crippen molar-refractivity contribution in [3.05, 3.63) is 34.1 Å². The summed E-state index contributed by atoms with van der Waals surface area (Å²) in [6.45, 7) is 4.21. The Kier molecular flexibility index (Phi) is 7.57. The Labute approximate surface area is 124 Å². The van der Waals surface area contributed by atoms with Crippen molar-refractivity contribution in [3.63, 3.8) is 0 Å². The summed E-state index contributed by atoms with van der Waals surface area (Å²) in [6, 6.07) is 5.52. The van der Waals surface area contributed by atoms with E-state index >= 15 is 0 Å². The van der Waals surface area contributed by atoms with E-state index in [1.54, 1.807) is 6.07 Å². The predicted molar refractivity (Wildman–Crippen MR) is 83.1 cm³/mol. The summed E-state index contributed by atoms with van der Waals surface area (Å²) in [4.78, 5) is 2.18. The van der Waals surface area contributed by atoms with Crippen molar-refractivity contribution < 1.29 is 4.39 Å². The molecule has 0 aromatic heterocycles. The van der Waals surface area contributed by atoms with E-state index in [9.17, 15) is 4.39 Å². The predicted octanol–water partition coefficient (Wildman–Crippen LogP) is 3.45. The number of halogens is 2. The minimum Gasteiger partial charge on any atom is -0.314 e. The quantitative estimate of drug-likeness (QED) is 0.785. The van der Waals surface area contributed by atoms with Gasteiger partial charge in [-0.1, -0.05) is 22.9 Å². The number of rotatable bonds is 8. The van der Waals surface area contributed by atoms with Gasteiger partial charge in [-0.3, -0.25) is 0 Å². The second-order valence-electron chi connectivity index (χ2n) is 5.22. The molecule has 0 amide bonds. The van der Waals surface area contributed by atoms with Crippen LogP contribution in [0.15, 0.2) is 22.7 Å². The molecule has 1 aromatic carbocycles. The molecule has 1 rings (SSSR count). The van der Waals surface area contributed by atoms with Gasteiger partial charge >= 0.3 is 0 Å². The van der Waals surface area contributed by atoms with Crippen LogP contribution in [-0.2, 0) is 6.42 Å². The largest absolute Gasteiger partial charge is 0.314 e.